The number of nitrogens with one attached hydrogen (secondary N) is 1. The summed E-state index contributed by atoms with van der Waals surface area (Å²) < 4.78 is 5.94. The smallest absolute Gasteiger partial charge is 0.326 e. The summed E-state index contributed by atoms with van der Waals surface area (Å²) in [6, 6.07) is -0.867. The Labute approximate surface area is 315 Å². The van der Waals surface area contributed by atoms with Crippen LogP contribution in [-0.4, -0.2) is 41.6 Å². The number of hydrogen-bond acceptors (Lipinski definition) is 5. The summed E-state index contributed by atoms with van der Waals surface area (Å²) in [6.45, 7) is 4.94. The average molecular weight is 721 g/mol. The van der Waals surface area contributed by atoms with Gasteiger partial charge in [-0.15, -0.1) is 0 Å². The molecule has 0 aromatic rings. The minimum atomic E-state index is -1.01. The Morgan fingerprint density at radius 1 is 0.569 bits per heavy atom. The second kappa shape index (κ2) is 39.3. The van der Waals surface area contributed by atoms with Crippen LogP contribution in [0.5, 0.6) is 0 Å². The normalized spacial score (nSPS) is 12.7. The molecule has 0 rings (SSSR count). The van der Waals surface area contributed by atoms with Crippen LogP contribution in [0.2, 0.25) is 0 Å². The molecule has 0 aliphatic heterocycles. The highest BCUT2D eigenvalue weighted by molar-refractivity contribution is 5.83. The molecule has 1 amide bonds. The van der Waals surface area contributed by atoms with Gasteiger partial charge in [0.05, 0.1) is 0 Å². The van der Waals surface area contributed by atoms with Crippen molar-refractivity contribution in [2.75, 3.05) is 6.54 Å². The molecule has 0 heterocycles. The Kier molecular flexibility index (Phi) is 37.9. The van der Waals surface area contributed by atoms with Gasteiger partial charge in [0.1, 0.15) is 12.1 Å². The molecule has 2 atom stereocenters. The number of carbonyl (C=O) groups is 3. The molecule has 0 saturated heterocycles. The van der Waals surface area contributed by atoms with Gasteiger partial charge in [-0.25, -0.2) is 4.79 Å². The quantitative estimate of drug-likeness (QED) is 0.0329. The van der Waals surface area contributed by atoms with Crippen molar-refractivity contribution >= 4 is 17.8 Å². The number of aliphatic carboxylic acids is 1. The highest BCUT2D eigenvalue weighted by Crippen LogP contribution is 2.17. The number of carbonyl (C=O) groups excluding carboxylic acids is 2. The molecule has 4 N–H and O–H groups in total. The van der Waals surface area contributed by atoms with Crippen LogP contribution < -0.4 is 11.1 Å². The van der Waals surface area contributed by atoms with Gasteiger partial charge in [-0.05, 0) is 64.0 Å². The monoisotopic (exact) mass is 721 g/mol. The molecule has 0 aliphatic carbocycles. The highest BCUT2D eigenvalue weighted by atomic mass is 16.5. The predicted molar refractivity (Wildman–Crippen MR) is 216 cm³/mol. The van der Waals surface area contributed by atoms with Gasteiger partial charge in [0.25, 0.3) is 0 Å². The number of amides is 1. The SMILES string of the molecule is CCCCCCCCC/C=C\C(CCCCCCC(=O)NC(CCCN)C(=O)O)OC(=O)CCCCCCCCCCCCCCCCCCC. The van der Waals surface area contributed by atoms with Gasteiger partial charge in [0, 0.05) is 12.8 Å². The van der Waals surface area contributed by atoms with Gasteiger partial charge in [-0.2, -0.15) is 0 Å². The van der Waals surface area contributed by atoms with Gasteiger partial charge in [-0.1, -0.05) is 174 Å². The van der Waals surface area contributed by atoms with Crippen molar-refractivity contribution in [1.29, 1.82) is 0 Å². The van der Waals surface area contributed by atoms with Crippen LogP contribution in [0.25, 0.3) is 0 Å². The summed E-state index contributed by atoms with van der Waals surface area (Å²) in [7, 11) is 0. The number of ether oxygens (including phenoxy) is 1. The van der Waals surface area contributed by atoms with Crippen LogP contribution in [0.1, 0.15) is 232 Å². The van der Waals surface area contributed by atoms with E-state index in [0.29, 0.717) is 38.6 Å². The number of esters is 1. The third-order valence-corrected chi connectivity index (χ3v) is 10.1. The molecule has 300 valence electrons. The Hall–Kier alpha value is -1.89. The number of rotatable bonds is 40. The molecular weight excluding hydrogens is 636 g/mol. The molecule has 0 aromatic heterocycles. The van der Waals surface area contributed by atoms with E-state index in [0.717, 1.165) is 44.9 Å². The third kappa shape index (κ3) is 36.3. The van der Waals surface area contributed by atoms with Crippen molar-refractivity contribution in [3.63, 3.8) is 0 Å². The number of carboxylic acid groups (broad SMARTS) is 1. The standard InChI is InChI=1S/C44H84N2O5/c1-3-5-7-9-11-13-14-15-16-17-18-19-20-22-24-26-32-38-43(48)51-40(34-29-25-23-21-12-10-8-6-4-2)35-30-27-28-31-37-42(47)46-41(44(49)50)36-33-39-45/h29,34,40-41H,3-28,30-33,35-39,45H2,1-2H3,(H,46,47)(H,49,50)/b34-29-. The molecule has 0 saturated carbocycles. The molecule has 0 bridgehead atoms. The lowest BCUT2D eigenvalue weighted by molar-refractivity contribution is -0.147. The van der Waals surface area contributed by atoms with Crippen LogP contribution >= 0.6 is 0 Å². The summed E-state index contributed by atoms with van der Waals surface area (Å²) in [5, 5.41) is 11.9. The van der Waals surface area contributed by atoms with E-state index in [9.17, 15) is 19.5 Å². The van der Waals surface area contributed by atoms with E-state index in [4.69, 9.17) is 10.5 Å². The minimum absolute atomic E-state index is 0.0826. The maximum Gasteiger partial charge on any atom is 0.326 e. The van der Waals surface area contributed by atoms with Crippen molar-refractivity contribution < 1.29 is 24.2 Å². The fourth-order valence-electron chi connectivity index (χ4n) is 6.71. The summed E-state index contributed by atoms with van der Waals surface area (Å²) in [5.74, 6) is -1.31. The summed E-state index contributed by atoms with van der Waals surface area (Å²) in [4.78, 5) is 36.3. The number of nitrogens with two attached hydrogens (primary N) is 1. The first kappa shape index (κ1) is 49.1. The molecular formula is C44H84N2O5. The van der Waals surface area contributed by atoms with Crippen molar-refractivity contribution in [1.82, 2.24) is 5.32 Å². The van der Waals surface area contributed by atoms with E-state index < -0.39 is 12.0 Å². The van der Waals surface area contributed by atoms with Gasteiger partial charge in [-0.3, -0.25) is 9.59 Å². The Bertz CT molecular complexity index is 817. The van der Waals surface area contributed by atoms with Crippen LogP contribution in [0.3, 0.4) is 0 Å². The van der Waals surface area contributed by atoms with Crippen LogP contribution in [0, 0.1) is 0 Å². The number of allylic oxidation sites excluding steroid dienone is 1. The van der Waals surface area contributed by atoms with Crippen molar-refractivity contribution in [2.45, 2.75) is 244 Å². The fourth-order valence-corrected chi connectivity index (χ4v) is 6.71. The molecule has 0 aromatic carbocycles. The summed E-state index contributed by atoms with van der Waals surface area (Å²) in [6.07, 6.45) is 42.7. The van der Waals surface area contributed by atoms with Crippen LogP contribution in [0.15, 0.2) is 12.2 Å². The third-order valence-electron chi connectivity index (χ3n) is 10.1. The Morgan fingerprint density at radius 2 is 1.00 bits per heavy atom. The first-order valence-corrected chi connectivity index (χ1v) is 22.0. The Morgan fingerprint density at radius 3 is 1.47 bits per heavy atom. The largest absolute Gasteiger partial charge is 0.480 e. The van der Waals surface area contributed by atoms with E-state index in [1.165, 1.54) is 141 Å². The zero-order valence-electron chi connectivity index (χ0n) is 33.7. The van der Waals surface area contributed by atoms with Crippen LogP contribution in [0.4, 0.5) is 0 Å². The highest BCUT2D eigenvalue weighted by Gasteiger charge is 2.19. The minimum Gasteiger partial charge on any atom is -0.480 e. The maximum atomic E-state index is 12.7. The predicted octanol–water partition coefficient (Wildman–Crippen LogP) is 12.3. The molecule has 0 spiro atoms. The summed E-state index contributed by atoms with van der Waals surface area (Å²) in [5.41, 5.74) is 5.48. The summed E-state index contributed by atoms with van der Waals surface area (Å²) >= 11 is 0. The lowest BCUT2D eigenvalue weighted by Gasteiger charge is -2.15. The van der Waals surface area contributed by atoms with Crippen molar-refractivity contribution in [2.24, 2.45) is 5.73 Å². The zero-order valence-corrected chi connectivity index (χ0v) is 33.7. The van der Waals surface area contributed by atoms with E-state index in [2.05, 4.69) is 31.3 Å². The molecule has 7 heteroatoms. The first-order chi connectivity index (χ1) is 24.9. The molecule has 2 unspecified atom stereocenters. The van der Waals surface area contributed by atoms with E-state index >= 15 is 0 Å². The molecule has 0 aliphatic rings. The topological polar surface area (TPSA) is 119 Å². The van der Waals surface area contributed by atoms with E-state index in [1.54, 1.807) is 0 Å². The van der Waals surface area contributed by atoms with Gasteiger partial charge < -0.3 is 20.9 Å². The van der Waals surface area contributed by atoms with Gasteiger partial charge >= 0.3 is 11.9 Å². The van der Waals surface area contributed by atoms with E-state index in [-0.39, 0.29) is 18.0 Å². The zero-order chi connectivity index (χ0) is 37.5. The fraction of sp³-hybridized carbons (Fsp3) is 0.886. The van der Waals surface area contributed by atoms with Crippen molar-refractivity contribution in [3.05, 3.63) is 12.2 Å². The molecule has 7 nitrogen and oxygen atoms in total. The number of carboxylic acids is 1. The second-order valence-electron chi connectivity index (χ2n) is 15.1. The average Bonchev–Trinajstić information content (AvgIpc) is 3.11. The van der Waals surface area contributed by atoms with Gasteiger partial charge in [0.2, 0.25) is 5.91 Å². The first-order valence-electron chi connectivity index (χ1n) is 22.0. The van der Waals surface area contributed by atoms with Gasteiger partial charge in [0.15, 0.2) is 0 Å². The molecule has 0 radical (unpaired) electrons. The lowest BCUT2D eigenvalue weighted by Crippen LogP contribution is -2.40. The molecule has 51 heavy (non-hydrogen) atoms. The van der Waals surface area contributed by atoms with Crippen LogP contribution in [-0.2, 0) is 19.1 Å². The lowest BCUT2D eigenvalue weighted by atomic mass is 10.0. The van der Waals surface area contributed by atoms with E-state index in [1.807, 2.05) is 0 Å². The van der Waals surface area contributed by atoms with Crippen molar-refractivity contribution in [3.8, 4) is 0 Å². The number of hydrogen-bond donors (Lipinski definition) is 3. The second-order valence-corrected chi connectivity index (χ2v) is 15.1. The Balaban J connectivity index is 4.23. The maximum absolute atomic E-state index is 12.7. The number of unbranched alkanes of at least 4 members (excludes halogenated alkanes) is 26. The molecule has 0 fully saturated rings.